The van der Waals surface area contributed by atoms with Crippen molar-refractivity contribution >= 4 is 32.2 Å². The van der Waals surface area contributed by atoms with Crippen molar-refractivity contribution in [2.45, 2.75) is 25.2 Å². The lowest BCUT2D eigenvalue weighted by atomic mass is 10.1. The zero-order valence-corrected chi connectivity index (χ0v) is 17.8. The second-order valence-electron chi connectivity index (χ2n) is 6.31. The zero-order chi connectivity index (χ0) is 20.9. The SMILES string of the molecule is CCOc1ccc(-c2nc(NC(=O)CCS(=O)(=O)c3ccccc3)sc2C)cc1. The number of nitrogens with one attached hydrogen (secondary N) is 1. The molecule has 1 amide bonds. The first-order valence-corrected chi connectivity index (χ1v) is 11.6. The molecule has 0 spiro atoms. The Morgan fingerprint density at radius 2 is 1.79 bits per heavy atom. The number of anilines is 1. The minimum atomic E-state index is -3.49. The van der Waals surface area contributed by atoms with E-state index in [9.17, 15) is 13.2 Å². The van der Waals surface area contributed by atoms with Crippen molar-refractivity contribution in [2.24, 2.45) is 0 Å². The van der Waals surface area contributed by atoms with Gasteiger partial charge in [-0.25, -0.2) is 13.4 Å². The van der Waals surface area contributed by atoms with E-state index >= 15 is 0 Å². The van der Waals surface area contributed by atoms with E-state index in [1.54, 1.807) is 18.2 Å². The number of amides is 1. The summed E-state index contributed by atoms with van der Waals surface area (Å²) in [4.78, 5) is 17.9. The van der Waals surface area contributed by atoms with E-state index in [0.29, 0.717) is 11.7 Å². The van der Waals surface area contributed by atoms with Crippen LogP contribution in [0, 0.1) is 6.92 Å². The summed E-state index contributed by atoms with van der Waals surface area (Å²) < 4.78 is 30.1. The van der Waals surface area contributed by atoms with Gasteiger partial charge in [0.05, 0.1) is 22.9 Å². The maximum absolute atomic E-state index is 12.3. The number of nitrogens with zero attached hydrogens (tertiary/aromatic N) is 1. The number of benzene rings is 2. The average molecular weight is 431 g/mol. The second-order valence-corrected chi connectivity index (χ2v) is 9.62. The highest BCUT2D eigenvalue weighted by Crippen LogP contribution is 2.31. The molecule has 0 unspecified atom stereocenters. The van der Waals surface area contributed by atoms with Crippen LogP contribution in [0.15, 0.2) is 59.5 Å². The van der Waals surface area contributed by atoms with Gasteiger partial charge in [-0.2, -0.15) is 0 Å². The van der Waals surface area contributed by atoms with Crippen LogP contribution in [0.5, 0.6) is 5.75 Å². The third kappa shape index (κ3) is 5.42. The van der Waals surface area contributed by atoms with Gasteiger partial charge in [-0.3, -0.25) is 4.79 Å². The van der Waals surface area contributed by atoms with E-state index in [4.69, 9.17) is 4.74 Å². The molecule has 0 saturated heterocycles. The predicted molar refractivity (Wildman–Crippen MR) is 115 cm³/mol. The van der Waals surface area contributed by atoms with E-state index < -0.39 is 9.84 Å². The fourth-order valence-corrected chi connectivity index (χ4v) is 4.86. The molecule has 2 aromatic carbocycles. The smallest absolute Gasteiger partial charge is 0.227 e. The predicted octanol–water partition coefficient (Wildman–Crippen LogP) is 4.32. The largest absolute Gasteiger partial charge is 0.494 e. The van der Waals surface area contributed by atoms with E-state index in [-0.39, 0.29) is 23.0 Å². The van der Waals surface area contributed by atoms with E-state index in [1.807, 2.05) is 38.1 Å². The lowest BCUT2D eigenvalue weighted by Crippen LogP contribution is -2.17. The van der Waals surface area contributed by atoms with Gasteiger partial charge in [-0.15, -0.1) is 11.3 Å². The molecule has 0 bridgehead atoms. The minimum absolute atomic E-state index is 0.131. The lowest BCUT2D eigenvalue weighted by molar-refractivity contribution is -0.115. The second kappa shape index (κ2) is 9.19. The molecule has 1 N–H and O–H groups in total. The molecule has 152 valence electrons. The molecule has 0 aliphatic carbocycles. The monoisotopic (exact) mass is 430 g/mol. The topological polar surface area (TPSA) is 85.4 Å². The number of sulfone groups is 1. The summed E-state index contributed by atoms with van der Waals surface area (Å²) in [6, 6.07) is 15.7. The van der Waals surface area contributed by atoms with Crippen molar-refractivity contribution in [3.8, 4) is 17.0 Å². The Morgan fingerprint density at radius 3 is 2.45 bits per heavy atom. The van der Waals surface area contributed by atoms with Crippen LogP contribution in [-0.2, 0) is 14.6 Å². The first-order valence-electron chi connectivity index (χ1n) is 9.17. The summed E-state index contributed by atoms with van der Waals surface area (Å²) in [5, 5.41) is 3.16. The fourth-order valence-electron chi connectivity index (χ4n) is 2.75. The molecular weight excluding hydrogens is 408 g/mol. The number of ether oxygens (including phenoxy) is 1. The van der Waals surface area contributed by atoms with Gasteiger partial charge in [0.25, 0.3) is 0 Å². The molecule has 0 aliphatic rings. The van der Waals surface area contributed by atoms with Crippen LogP contribution in [0.4, 0.5) is 5.13 Å². The van der Waals surface area contributed by atoms with E-state index in [1.165, 1.54) is 23.5 Å². The number of carbonyl (C=O) groups excluding carboxylic acids is 1. The maximum Gasteiger partial charge on any atom is 0.227 e. The molecule has 29 heavy (non-hydrogen) atoms. The molecule has 1 heterocycles. The number of hydrogen-bond donors (Lipinski definition) is 1. The van der Waals surface area contributed by atoms with Crippen LogP contribution in [0.1, 0.15) is 18.2 Å². The number of aromatic nitrogens is 1. The molecule has 0 aliphatic heterocycles. The van der Waals surface area contributed by atoms with Gasteiger partial charge < -0.3 is 10.1 Å². The molecule has 0 fully saturated rings. The van der Waals surface area contributed by atoms with Crippen LogP contribution < -0.4 is 10.1 Å². The highest BCUT2D eigenvalue weighted by Gasteiger charge is 2.17. The van der Waals surface area contributed by atoms with Crippen molar-refractivity contribution in [2.75, 3.05) is 17.7 Å². The molecule has 8 heteroatoms. The highest BCUT2D eigenvalue weighted by atomic mass is 32.2. The molecule has 6 nitrogen and oxygen atoms in total. The van der Waals surface area contributed by atoms with Crippen LogP contribution in [0.25, 0.3) is 11.3 Å². The first kappa shape index (κ1) is 21.0. The minimum Gasteiger partial charge on any atom is -0.494 e. The molecule has 0 radical (unpaired) electrons. The Hall–Kier alpha value is -2.71. The summed E-state index contributed by atoms with van der Waals surface area (Å²) >= 11 is 1.36. The van der Waals surface area contributed by atoms with Gasteiger partial charge in [-0.05, 0) is 50.2 Å². The van der Waals surface area contributed by atoms with Gasteiger partial charge in [0, 0.05) is 16.9 Å². The molecule has 3 rings (SSSR count). The first-order chi connectivity index (χ1) is 13.9. The third-order valence-electron chi connectivity index (χ3n) is 4.18. The van der Waals surface area contributed by atoms with E-state index in [2.05, 4.69) is 10.3 Å². The normalized spacial score (nSPS) is 11.2. The molecule has 3 aromatic rings. The molecule has 0 atom stereocenters. The summed E-state index contributed by atoms with van der Waals surface area (Å²) in [5.41, 5.74) is 1.71. The quantitative estimate of drug-likeness (QED) is 0.575. The van der Waals surface area contributed by atoms with Crippen molar-refractivity contribution in [3.63, 3.8) is 0 Å². The van der Waals surface area contributed by atoms with Crippen LogP contribution in [0.3, 0.4) is 0 Å². The summed E-state index contributed by atoms with van der Waals surface area (Å²) in [5.74, 6) is 0.160. The third-order valence-corrected chi connectivity index (χ3v) is 6.80. The standard InChI is InChI=1S/C21H22N2O4S2/c1-3-27-17-11-9-16(10-12-17)20-15(2)28-21(23-20)22-19(24)13-14-29(25,26)18-7-5-4-6-8-18/h4-12H,3,13-14H2,1-2H3,(H,22,23,24). The molecule has 1 aromatic heterocycles. The Balaban J connectivity index is 1.63. The Labute approximate surface area is 174 Å². The average Bonchev–Trinajstić information content (AvgIpc) is 3.08. The Morgan fingerprint density at radius 1 is 1.10 bits per heavy atom. The van der Waals surface area contributed by atoms with Gasteiger partial charge >= 0.3 is 0 Å². The fraction of sp³-hybridized carbons (Fsp3) is 0.238. The number of hydrogen-bond acceptors (Lipinski definition) is 6. The van der Waals surface area contributed by atoms with Crippen LogP contribution in [-0.4, -0.2) is 31.7 Å². The van der Waals surface area contributed by atoms with Crippen LogP contribution in [0.2, 0.25) is 0 Å². The van der Waals surface area contributed by atoms with Gasteiger partial charge in [0.15, 0.2) is 15.0 Å². The van der Waals surface area contributed by atoms with Crippen LogP contribution >= 0.6 is 11.3 Å². The van der Waals surface area contributed by atoms with Gasteiger partial charge in [0.2, 0.25) is 5.91 Å². The number of carbonyl (C=O) groups is 1. The van der Waals surface area contributed by atoms with Crippen molar-refractivity contribution in [3.05, 3.63) is 59.5 Å². The van der Waals surface area contributed by atoms with E-state index in [0.717, 1.165) is 21.9 Å². The van der Waals surface area contributed by atoms with Crippen molar-refractivity contribution < 1.29 is 17.9 Å². The van der Waals surface area contributed by atoms with Gasteiger partial charge in [-0.1, -0.05) is 18.2 Å². The number of aryl methyl sites for hydroxylation is 1. The van der Waals surface area contributed by atoms with Crippen molar-refractivity contribution in [1.29, 1.82) is 0 Å². The Bertz CT molecular complexity index is 1080. The summed E-state index contributed by atoms with van der Waals surface area (Å²) in [6.07, 6.45) is -0.131. The zero-order valence-electron chi connectivity index (χ0n) is 16.2. The number of thiazole rings is 1. The summed E-state index contributed by atoms with van der Waals surface area (Å²) in [7, 11) is -3.49. The Kier molecular flexibility index (Phi) is 6.66. The van der Waals surface area contributed by atoms with Gasteiger partial charge in [0.1, 0.15) is 5.75 Å². The maximum atomic E-state index is 12.3. The number of rotatable bonds is 8. The highest BCUT2D eigenvalue weighted by molar-refractivity contribution is 7.91. The van der Waals surface area contributed by atoms with Crippen molar-refractivity contribution in [1.82, 2.24) is 4.98 Å². The molecular formula is C21H22N2O4S2. The molecule has 0 saturated carbocycles. The summed E-state index contributed by atoms with van der Waals surface area (Å²) in [6.45, 7) is 4.46. The lowest BCUT2D eigenvalue weighted by Gasteiger charge is -2.05.